The maximum absolute atomic E-state index is 4.70. The van der Waals surface area contributed by atoms with Crippen LogP contribution in [0.5, 0.6) is 0 Å². The van der Waals surface area contributed by atoms with Gasteiger partial charge in [-0.1, -0.05) is 24.4 Å². The van der Waals surface area contributed by atoms with Gasteiger partial charge in [-0.15, -0.1) is 0 Å². The summed E-state index contributed by atoms with van der Waals surface area (Å²) in [5.41, 5.74) is 3.17. The predicted molar refractivity (Wildman–Crippen MR) is 66.4 cm³/mol. The Morgan fingerprint density at radius 3 is 1.69 bits per heavy atom. The van der Waals surface area contributed by atoms with Gasteiger partial charge in [0, 0.05) is 12.1 Å². The first-order chi connectivity index (χ1) is 6.20. The second-order valence-corrected chi connectivity index (χ2v) is 3.77. The van der Waals surface area contributed by atoms with E-state index < -0.39 is 0 Å². The maximum Gasteiger partial charge on any atom is 0.0616 e. The number of hydrogen-bond donors (Lipinski definition) is 2. The molecular formula is C9H18N2S2. The van der Waals surface area contributed by atoms with Gasteiger partial charge in [-0.2, -0.15) is 0 Å². The summed E-state index contributed by atoms with van der Waals surface area (Å²) in [4.78, 5) is 0. The van der Waals surface area contributed by atoms with Crippen molar-refractivity contribution in [2.24, 2.45) is 0 Å². The summed E-state index contributed by atoms with van der Waals surface area (Å²) in [6, 6.07) is 0.967. The van der Waals surface area contributed by atoms with Crippen LogP contribution in [0.15, 0.2) is 0 Å². The van der Waals surface area contributed by atoms with Gasteiger partial charge < -0.3 is 10.6 Å². The van der Waals surface area contributed by atoms with Crippen LogP contribution in [-0.2, 0) is 0 Å². The third-order valence-electron chi connectivity index (χ3n) is 1.98. The van der Waals surface area contributed by atoms with Crippen LogP contribution in [0.1, 0.15) is 33.1 Å². The highest BCUT2D eigenvalue weighted by Crippen LogP contribution is 2.02. The van der Waals surface area contributed by atoms with Crippen molar-refractivity contribution in [3.63, 3.8) is 0 Å². The topological polar surface area (TPSA) is 24.1 Å². The number of thiocarbonyl (C=S) groups is 2. The zero-order valence-electron chi connectivity index (χ0n) is 8.25. The van der Waals surface area contributed by atoms with Crippen molar-refractivity contribution < 1.29 is 0 Å². The van der Waals surface area contributed by atoms with E-state index in [9.17, 15) is 0 Å². The van der Waals surface area contributed by atoms with Crippen LogP contribution in [-0.4, -0.2) is 23.1 Å². The molecule has 0 rings (SSSR count). The van der Waals surface area contributed by atoms with E-state index >= 15 is 0 Å². The lowest BCUT2D eigenvalue weighted by Crippen LogP contribution is -2.26. The number of rotatable bonds is 8. The van der Waals surface area contributed by atoms with Gasteiger partial charge >= 0.3 is 0 Å². The maximum atomic E-state index is 4.70. The van der Waals surface area contributed by atoms with Crippen molar-refractivity contribution >= 4 is 35.4 Å². The van der Waals surface area contributed by atoms with Crippen molar-refractivity contribution in [1.29, 1.82) is 0 Å². The smallest absolute Gasteiger partial charge is 0.0616 e. The van der Waals surface area contributed by atoms with Gasteiger partial charge in [0.05, 0.1) is 11.0 Å². The third-order valence-corrected chi connectivity index (χ3v) is 2.25. The molecule has 0 aliphatic heterocycles. The van der Waals surface area contributed by atoms with E-state index in [1.54, 1.807) is 11.0 Å². The van der Waals surface area contributed by atoms with Crippen LogP contribution < -0.4 is 10.6 Å². The van der Waals surface area contributed by atoms with E-state index in [0.717, 1.165) is 12.8 Å². The van der Waals surface area contributed by atoms with Gasteiger partial charge in [0.15, 0.2) is 0 Å². The van der Waals surface area contributed by atoms with Crippen LogP contribution in [0, 0.1) is 0 Å². The summed E-state index contributed by atoms with van der Waals surface area (Å²) in [5.74, 6) is 0. The summed E-state index contributed by atoms with van der Waals surface area (Å²) < 4.78 is 0. The molecule has 2 atom stereocenters. The molecule has 2 N–H and O–H groups in total. The Bertz CT molecular complexity index is 135. The standard InChI is InChI=1S/C9H18N2S2/c1-8(10-6-12)4-3-5-9(2)11-7-13/h6-9H,3-5H2,1-2H3,(H,10,12)(H,11,13). The first-order valence-corrected chi connectivity index (χ1v) is 5.54. The zero-order chi connectivity index (χ0) is 10.1. The fraction of sp³-hybridized carbons (Fsp3) is 0.778. The van der Waals surface area contributed by atoms with Crippen molar-refractivity contribution in [2.45, 2.75) is 45.2 Å². The van der Waals surface area contributed by atoms with Crippen LogP contribution >= 0.6 is 24.4 Å². The summed E-state index contributed by atoms with van der Waals surface area (Å²) in [5, 5.41) is 6.18. The molecule has 0 fully saturated rings. The van der Waals surface area contributed by atoms with Gasteiger partial charge in [-0.25, -0.2) is 0 Å². The van der Waals surface area contributed by atoms with Crippen LogP contribution in [0.25, 0.3) is 0 Å². The quantitative estimate of drug-likeness (QED) is 0.609. The Balaban J connectivity index is 3.32. The Labute approximate surface area is 91.5 Å². The van der Waals surface area contributed by atoms with E-state index in [4.69, 9.17) is 24.4 Å². The molecule has 0 aromatic carbocycles. The van der Waals surface area contributed by atoms with Crippen LogP contribution in [0.4, 0.5) is 0 Å². The molecule has 2 unspecified atom stereocenters. The summed E-state index contributed by atoms with van der Waals surface area (Å²) in [6.07, 6.45) is 3.49. The summed E-state index contributed by atoms with van der Waals surface area (Å²) >= 11 is 9.41. The van der Waals surface area contributed by atoms with Crippen LogP contribution in [0.3, 0.4) is 0 Å². The highest BCUT2D eigenvalue weighted by atomic mass is 32.1. The molecule has 0 radical (unpaired) electrons. The first-order valence-electron chi connectivity index (χ1n) is 4.60. The molecule has 2 nitrogen and oxygen atoms in total. The highest BCUT2D eigenvalue weighted by Gasteiger charge is 2.01. The van der Waals surface area contributed by atoms with E-state index in [1.807, 2.05) is 0 Å². The van der Waals surface area contributed by atoms with Crippen molar-refractivity contribution in [2.75, 3.05) is 0 Å². The average Bonchev–Trinajstić information content (AvgIpc) is 2.05. The average molecular weight is 218 g/mol. The fourth-order valence-corrected chi connectivity index (χ4v) is 1.59. The van der Waals surface area contributed by atoms with Gasteiger partial charge in [-0.05, 0) is 33.1 Å². The Kier molecular flexibility index (Phi) is 8.24. The molecule has 0 aliphatic rings. The minimum absolute atomic E-state index is 0.484. The second-order valence-electron chi connectivity index (χ2n) is 3.30. The van der Waals surface area contributed by atoms with Gasteiger partial charge in [0.2, 0.25) is 0 Å². The second kappa shape index (κ2) is 8.38. The van der Waals surface area contributed by atoms with Gasteiger partial charge in [0.25, 0.3) is 0 Å². The molecule has 0 saturated carbocycles. The molecule has 0 amide bonds. The molecule has 0 bridgehead atoms. The zero-order valence-corrected chi connectivity index (χ0v) is 9.88. The molecule has 76 valence electrons. The van der Waals surface area contributed by atoms with Crippen molar-refractivity contribution in [3.05, 3.63) is 0 Å². The normalized spacial score (nSPS) is 14.3. The largest absolute Gasteiger partial charge is 0.380 e. The van der Waals surface area contributed by atoms with Crippen molar-refractivity contribution in [1.82, 2.24) is 10.6 Å². The first kappa shape index (κ1) is 12.8. The van der Waals surface area contributed by atoms with Crippen LogP contribution in [0.2, 0.25) is 0 Å². The monoisotopic (exact) mass is 218 g/mol. The van der Waals surface area contributed by atoms with E-state index in [-0.39, 0.29) is 0 Å². The molecule has 0 spiro atoms. The van der Waals surface area contributed by atoms with E-state index in [0.29, 0.717) is 12.1 Å². The van der Waals surface area contributed by atoms with Crippen molar-refractivity contribution in [3.8, 4) is 0 Å². The fourth-order valence-electron chi connectivity index (χ4n) is 1.13. The molecule has 0 heterocycles. The molecule has 13 heavy (non-hydrogen) atoms. The van der Waals surface area contributed by atoms with Gasteiger partial charge in [0.1, 0.15) is 0 Å². The lowest BCUT2D eigenvalue weighted by atomic mass is 10.1. The predicted octanol–water partition coefficient (Wildman–Crippen LogP) is 2.03. The molecule has 0 aliphatic carbocycles. The van der Waals surface area contributed by atoms with Gasteiger partial charge in [-0.3, -0.25) is 0 Å². The Hall–Kier alpha value is -0.220. The third kappa shape index (κ3) is 8.12. The molecular weight excluding hydrogens is 200 g/mol. The Morgan fingerprint density at radius 1 is 1.00 bits per heavy atom. The Morgan fingerprint density at radius 2 is 1.38 bits per heavy atom. The lowest BCUT2D eigenvalue weighted by molar-refractivity contribution is 0.515. The molecule has 4 heteroatoms. The number of nitrogens with one attached hydrogen (secondary N) is 2. The molecule has 0 aromatic rings. The lowest BCUT2D eigenvalue weighted by Gasteiger charge is -2.13. The van der Waals surface area contributed by atoms with E-state index in [1.165, 1.54) is 6.42 Å². The van der Waals surface area contributed by atoms with E-state index in [2.05, 4.69) is 24.5 Å². The minimum atomic E-state index is 0.484. The molecule has 0 aromatic heterocycles. The SMILES string of the molecule is CC(CCCC(C)NC=S)NC=S. The summed E-state index contributed by atoms with van der Waals surface area (Å²) in [6.45, 7) is 4.28. The summed E-state index contributed by atoms with van der Waals surface area (Å²) in [7, 11) is 0. The molecule has 0 saturated heterocycles. The highest BCUT2D eigenvalue weighted by molar-refractivity contribution is 7.79. The minimum Gasteiger partial charge on any atom is -0.380 e. The number of hydrogen-bond acceptors (Lipinski definition) is 2.